The van der Waals surface area contributed by atoms with Gasteiger partial charge in [0.25, 0.3) is 0 Å². The maximum Gasteiger partial charge on any atom is 0.194 e. The largest absolute Gasteiger partial charge is 0.378 e. The van der Waals surface area contributed by atoms with E-state index in [-0.39, 0.29) is 11.1 Å². The van der Waals surface area contributed by atoms with Gasteiger partial charge in [-0.2, -0.15) is 0 Å². The highest BCUT2D eigenvalue weighted by atomic mass is 19.2. The lowest BCUT2D eigenvalue weighted by Crippen LogP contribution is -2.29. The predicted molar refractivity (Wildman–Crippen MR) is 128 cm³/mol. The number of hydrogen-bond acceptors (Lipinski definition) is 1. The highest BCUT2D eigenvalue weighted by Crippen LogP contribution is 2.40. The molecular weight excluding hydrogens is 440 g/mol. The van der Waals surface area contributed by atoms with Crippen molar-refractivity contribution >= 4 is 0 Å². The fourth-order valence-electron chi connectivity index (χ4n) is 5.86. The average Bonchev–Trinajstić information content (AvgIpc) is 2.85. The lowest BCUT2D eigenvalue weighted by Gasteiger charge is -2.36. The van der Waals surface area contributed by atoms with Crippen LogP contribution in [0.25, 0.3) is 11.1 Å². The predicted octanol–water partition coefficient (Wildman–Crippen LogP) is 8.56. The van der Waals surface area contributed by atoms with Gasteiger partial charge in [-0.3, -0.25) is 0 Å². The molecule has 0 N–H and O–H groups in total. The molecule has 186 valence electrons. The molecule has 1 nitrogen and oxygen atoms in total. The highest BCUT2D eigenvalue weighted by Gasteiger charge is 2.32. The van der Waals surface area contributed by atoms with Gasteiger partial charge in [-0.15, -0.1) is 0 Å². The minimum atomic E-state index is -1.53. The van der Waals surface area contributed by atoms with E-state index >= 15 is 4.39 Å². The monoisotopic (exact) mass is 476 g/mol. The summed E-state index contributed by atoms with van der Waals surface area (Å²) in [6.45, 7) is 3.10. The lowest BCUT2D eigenvalue weighted by atomic mass is 9.71. The molecule has 0 saturated heterocycles. The Hall–Kier alpha value is -1.88. The Kier molecular flexibility index (Phi) is 8.68. The van der Waals surface area contributed by atoms with Crippen molar-refractivity contribution in [1.82, 2.24) is 0 Å². The second-order valence-corrected chi connectivity index (χ2v) is 10.1. The Morgan fingerprint density at radius 3 is 2.21 bits per heavy atom. The van der Waals surface area contributed by atoms with E-state index in [9.17, 15) is 13.2 Å². The van der Waals surface area contributed by atoms with Crippen LogP contribution in [0.3, 0.4) is 0 Å². The third-order valence-corrected chi connectivity index (χ3v) is 7.87. The van der Waals surface area contributed by atoms with Crippen molar-refractivity contribution in [2.24, 2.45) is 11.8 Å². The zero-order valence-electron chi connectivity index (χ0n) is 20.2. The summed E-state index contributed by atoms with van der Waals surface area (Å²) in [7, 11) is 0. The zero-order valence-corrected chi connectivity index (χ0v) is 20.2. The molecule has 2 aliphatic rings. The van der Waals surface area contributed by atoms with E-state index in [1.54, 1.807) is 6.07 Å². The van der Waals surface area contributed by atoms with Crippen LogP contribution in [0.2, 0.25) is 0 Å². The standard InChI is InChI=1S/C29H36F4O/c1-2-3-4-5-6-15-34-23-11-7-19(8-12-23)20-9-13-24-21(16-20)10-14-25(28(24)32)22-17-26(30)29(33)27(31)18-22/h10,14,17-20,23H,2-9,11-13,15-16H2,1H3. The first-order valence-electron chi connectivity index (χ1n) is 13.0. The molecule has 5 heteroatoms. The number of benzene rings is 2. The van der Waals surface area contributed by atoms with E-state index in [4.69, 9.17) is 4.74 Å². The Labute approximate surface area is 200 Å². The fraction of sp³-hybridized carbons (Fsp3) is 0.586. The molecule has 2 aromatic rings. The Balaban J connectivity index is 1.32. The van der Waals surface area contributed by atoms with Crippen LogP contribution in [-0.2, 0) is 17.6 Å². The molecular formula is C29H36F4O. The van der Waals surface area contributed by atoms with Crippen LogP contribution in [-0.4, -0.2) is 12.7 Å². The van der Waals surface area contributed by atoms with Crippen molar-refractivity contribution in [1.29, 1.82) is 0 Å². The van der Waals surface area contributed by atoms with Gasteiger partial charge >= 0.3 is 0 Å². The molecule has 0 aromatic heterocycles. The number of rotatable bonds is 9. The van der Waals surface area contributed by atoms with Gasteiger partial charge in [0.2, 0.25) is 0 Å². The van der Waals surface area contributed by atoms with E-state index in [2.05, 4.69) is 6.92 Å². The van der Waals surface area contributed by atoms with Crippen molar-refractivity contribution in [3.05, 3.63) is 58.7 Å². The molecule has 2 aromatic carbocycles. The van der Waals surface area contributed by atoms with Crippen molar-refractivity contribution in [3.63, 3.8) is 0 Å². The second-order valence-electron chi connectivity index (χ2n) is 10.1. The van der Waals surface area contributed by atoms with Crippen LogP contribution in [0.5, 0.6) is 0 Å². The Morgan fingerprint density at radius 1 is 0.794 bits per heavy atom. The molecule has 1 fully saturated rings. The summed E-state index contributed by atoms with van der Waals surface area (Å²) in [5, 5.41) is 0. The highest BCUT2D eigenvalue weighted by molar-refractivity contribution is 5.66. The summed E-state index contributed by atoms with van der Waals surface area (Å²) >= 11 is 0. The third kappa shape index (κ3) is 5.84. The second kappa shape index (κ2) is 11.7. The first kappa shape index (κ1) is 25.2. The summed E-state index contributed by atoms with van der Waals surface area (Å²) in [4.78, 5) is 0. The molecule has 0 aliphatic heterocycles. The van der Waals surface area contributed by atoms with E-state index in [1.165, 1.54) is 25.7 Å². The number of unbranched alkanes of at least 4 members (excludes halogenated alkanes) is 4. The average molecular weight is 477 g/mol. The molecule has 0 radical (unpaired) electrons. The number of halogens is 4. The molecule has 2 aliphatic carbocycles. The molecule has 1 unspecified atom stereocenters. The van der Waals surface area contributed by atoms with Crippen LogP contribution in [0.4, 0.5) is 17.6 Å². The van der Waals surface area contributed by atoms with Gasteiger partial charge in [0.05, 0.1) is 6.10 Å². The van der Waals surface area contributed by atoms with E-state index in [0.717, 1.165) is 69.2 Å². The van der Waals surface area contributed by atoms with Crippen LogP contribution in [0.1, 0.15) is 82.3 Å². The van der Waals surface area contributed by atoms with Gasteiger partial charge in [-0.25, -0.2) is 17.6 Å². The summed E-state index contributed by atoms with van der Waals surface area (Å²) < 4.78 is 62.1. The number of ether oxygens (including phenoxy) is 1. The van der Waals surface area contributed by atoms with E-state index in [0.29, 0.717) is 29.9 Å². The summed E-state index contributed by atoms with van der Waals surface area (Å²) in [6.07, 6.45) is 13.6. The molecule has 0 amide bonds. The minimum absolute atomic E-state index is 0.0301. The summed E-state index contributed by atoms with van der Waals surface area (Å²) in [5.74, 6) is -3.39. The van der Waals surface area contributed by atoms with Crippen molar-refractivity contribution in [3.8, 4) is 11.1 Å². The molecule has 34 heavy (non-hydrogen) atoms. The molecule has 1 saturated carbocycles. The summed E-state index contributed by atoms with van der Waals surface area (Å²) in [6, 6.07) is 5.18. The minimum Gasteiger partial charge on any atom is -0.378 e. The smallest absolute Gasteiger partial charge is 0.194 e. The lowest BCUT2D eigenvalue weighted by molar-refractivity contribution is 0.00831. The molecule has 1 atom stereocenters. The number of fused-ring (bicyclic) bond motifs is 1. The van der Waals surface area contributed by atoms with Crippen molar-refractivity contribution in [2.45, 2.75) is 90.1 Å². The van der Waals surface area contributed by atoms with Crippen LogP contribution >= 0.6 is 0 Å². The van der Waals surface area contributed by atoms with Gasteiger partial charge in [0, 0.05) is 12.2 Å². The maximum absolute atomic E-state index is 15.3. The first-order valence-corrected chi connectivity index (χ1v) is 13.0. The van der Waals surface area contributed by atoms with E-state index < -0.39 is 23.3 Å². The van der Waals surface area contributed by atoms with Gasteiger partial charge in [-0.05, 0) is 92.0 Å². The molecule has 0 heterocycles. The topological polar surface area (TPSA) is 9.23 Å². The maximum atomic E-state index is 15.3. The quantitative estimate of drug-likeness (QED) is 0.200. The zero-order chi connectivity index (χ0) is 24.1. The molecule has 0 bridgehead atoms. The molecule has 0 spiro atoms. The van der Waals surface area contributed by atoms with Crippen LogP contribution in [0, 0.1) is 35.1 Å². The Bertz CT molecular complexity index is 942. The summed E-state index contributed by atoms with van der Waals surface area (Å²) in [5.41, 5.74) is 1.79. The van der Waals surface area contributed by atoms with Crippen LogP contribution < -0.4 is 0 Å². The first-order chi connectivity index (χ1) is 16.5. The van der Waals surface area contributed by atoms with E-state index in [1.807, 2.05) is 6.07 Å². The normalized spacial score (nSPS) is 22.6. The molecule has 4 rings (SSSR count). The van der Waals surface area contributed by atoms with Gasteiger partial charge in [0.1, 0.15) is 5.82 Å². The van der Waals surface area contributed by atoms with Crippen molar-refractivity contribution < 1.29 is 22.3 Å². The van der Waals surface area contributed by atoms with Crippen molar-refractivity contribution in [2.75, 3.05) is 6.61 Å². The fourth-order valence-corrected chi connectivity index (χ4v) is 5.86. The van der Waals surface area contributed by atoms with Gasteiger partial charge in [-0.1, -0.05) is 44.7 Å². The third-order valence-electron chi connectivity index (χ3n) is 7.87. The Morgan fingerprint density at radius 2 is 1.50 bits per heavy atom. The van der Waals surface area contributed by atoms with Gasteiger partial charge in [0.15, 0.2) is 17.5 Å². The van der Waals surface area contributed by atoms with Crippen LogP contribution in [0.15, 0.2) is 24.3 Å². The SMILES string of the molecule is CCCCCCCOC1CCC(C2CCc3c(ccc(-c4cc(F)c(F)c(F)c4)c3F)C2)CC1. The number of hydrogen-bond donors (Lipinski definition) is 0. The van der Waals surface area contributed by atoms with Gasteiger partial charge < -0.3 is 4.74 Å².